The highest BCUT2D eigenvalue weighted by Gasteiger charge is 2.19. The standard InChI is InChI=1S/C14H10N4O4S/c1-2-23-8-3-4-9(11(5-8)18(20)21)12-15-6-10-13(17-12)16-7-22-14(10)19/h3-7H,2H2,1H3. The number of fused-ring (bicyclic) bond motifs is 1. The smallest absolute Gasteiger partial charge is 0.349 e. The van der Waals surface area contributed by atoms with Gasteiger partial charge in [0.2, 0.25) is 0 Å². The number of nitro groups is 1. The molecule has 1 aromatic carbocycles. The first-order valence-electron chi connectivity index (χ1n) is 6.62. The molecule has 0 amide bonds. The summed E-state index contributed by atoms with van der Waals surface area (Å²) in [6.45, 7) is 1.97. The molecule has 0 unspecified atom stereocenters. The Bertz CT molecular complexity index is 957. The summed E-state index contributed by atoms with van der Waals surface area (Å²) in [5.41, 5.74) is -0.295. The van der Waals surface area contributed by atoms with E-state index >= 15 is 0 Å². The zero-order valence-corrected chi connectivity index (χ0v) is 12.7. The van der Waals surface area contributed by atoms with E-state index in [0.29, 0.717) is 0 Å². The molecule has 3 rings (SSSR count). The van der Waals surface area contributed by atoms with Crippen LogP contribution >= 0.6 is 11.8 Å². The minimum Gasteiger partial charge on any atom is -0.411 e. The van der Waals surface area contributed by atoms with Crippen LogP contribution in [0, 0.1) is 10.1 Å². The fourth-order valence-corrected chi connectivity index (χ4v) is 2.73. The highest BCUT2D eigenvalue weighted by Crippen LogP contribution is 2.32. The summed E-state index contributed by atoms with van der Waals surface area (Å²) in [4.78, 5) is 35.2. The van der Waals surface area contributed by atoms with Gasteiger partial charge in [-0.05, 0) is 17.9 Å². The molecule has 0 aliphatic heterocycles. The minimum absolute atomic E-state index is 0.0919. The Hall–Kier alpha value is -2.81. The molecule has 0 fully saturated rings. The molecule has 0 spiro atoms. The third-order valence-electron chi connectivity index (χ3n) is 3.04. The fourth-order valence-electron chi connectivity index (χ4n) is 2.04. The topological polar surface area (TPSA) is 112 Å². The molecule has 0 bridgehead atoms. The van der Waals surface area contributed by atoms with Crippen molar-refractivity contribution in [1.82, 2.24) is 15.0 Å². The van der Waals surface area contributed by atoms with Crippen molar-refractivity contribution in [2.45, 2.75) is 11.8 Å². The quantitative estimate of drug-likeness (QED) is 0.407. The summed E-state index contributed by atoms with van der Waals surface area (Å²) in [6, 6.07) is 4.86. The van der Waals surface area contributed by atoms with Gasteiger partial charge in [-0.25, -0.2) is 14.8 Å². The van der Waals surface area contributed by atoms with Gasteiger partial charge < -0.3 is 4.42 Å². The Balaban J connectivity index is 2.17. The Labute approximate surface area is 133 Å². The van der Waals surface area contributed by atoms with E-state index in [2.05, 4.69) is 19.4 Å². The van der Waals surface area contributed by atoms with Crippen molar-refractivity contribution in [3.8, 4) is 11.4 Å². The van der Waals surface area contributed by atoms with E-state index in [1.54, 1.807) is 12.1 Å². The van der Waals surface area contributed by atoms with Crippen molar-refractivity contribution in [3.05, 3.63) is 51.3 Å². The summed E-state index contributed by atoms with van der Waals surface area (Å²) >= 11 is 1.50. The van der Waals surface area contributed by atoms with Crippen molar-refractivity contribution in [2.24, 2.45) is 0 Å². The Morgan fingerprint density at radius 3 is 2.91 bits per heavy atom. The van der Waals surface area contributed by atoms with Crippen molar-refractivity contribution in [3.63, 3.8) is 0 Å². The zero-order valence-electron chi connectivity index (χ0n) is 11.9. The third kappa shape index (κ3) is 2.90. The van der Waals surface area contributed by atoms with Crippen LogP contribution in [0.3, 0.4) is 0 Å². The van der Waals surface area contributed by atoms with Crippen molar-refractivity contribution < 1.29 is 9.34 Å². The number of nitro benzene ring substituents is 1. The molecule has 0 N–H and O–H groups in total. The van der Waals surface area contributed by atoms with Gasteiger partial charge >= 0.3 is 5.63 Å². The SMILES string of the molecule is CCSc1ccc(-c2ncc3c(=O)ocnc3n2)c([N+](=O)[O-])c1. The molecule has 0 saturated heterocycles. The first kappa shape index (κ1) is 15.1. The lowest BCUT2D eigenvalue weighted by atomic mass is 10.1. The molecule has 9 heteroatoms. The molecular formula is C14H10N4O4S. The van der Waals surface area contributed by atoms with E-state index in [9.17, 15) is 14.9 Å². The van der Waals surface area contributed by atoms with Crippen LogP contribution in [0.1, 0.15) is 6.92 Å². The molecule has 0 saturated carbocycles. The van der Waals surface area contributed by atoms with Crippen LogP contribution in [0.25, 0.3) is 22.4 Å². The number of hydrogen-bond donors (Lipinski definition) is 0. The summed E-state index contributed by atoms with van der Waals surface area (Å²) in [5.74, 6) is 0.943. The van der Waals surface area contributed by atoms with Gasteiger partial charge in [-0.3, -0.25) is 10.1 Å². The highest BCUT2D eigenvalue weighted by molar-refractivity contribution is 7.99. The summed E-state index contributed by atoms with van der Waals surface area (Å²) in [6.07, 6.45) is 2.24. The number of benzene rings is 1. The van der Waals surface area contributed by atoms with Gasteiger partial charge in [-0.15, -0.1) is 11.8 Å². The second kappa shape index (κ2) is 6.13. The number of aromatic nitrogens is 3. The van der Waals surface area contributed by atoms with Crippen LogP contribution in [0.5, 0.6) is 0 Å². The van der Waals surface area contributed by atoms with Crippen molar-refractivity contribution in [1.29, 1.82) is 0 Å². The van der Waals surface area contributed by atoms with E-state index in [0.717, 1.165) is 17.0 Å². The Morgan fingerprint density at radius 1 is 1.35 bits per heavy atom. The van der Waals surface area contributed by atoms with E-state index < -0.39 is 10.5 Å². The molecule has 116 valence electrons. The molecule has 0 aliphatic carbocycles. The van der Waals surface area contributed by atoms with Crippen LogP contribution in [-0.2, 0) is 0 Å². The maximum atomic E-state index is 11.5. The zero-order chi connectivity index (χ0) is 16.4. The van der Waals surface area contributed by atoms with Crippen LogP contribution in [0.2, 0.25) is 0 Å². The Kier molecular flexibility index (Phi) is 4.02. The maximum absolute atomic E-state index is 11.5. The van der Waals surface area contributed by atoms with Crippen LogP contribution < -0.4 is 5.63 Å². The monoisotopic (exact) mass is 330 g/mol. The lowest BCUT2D eigenvalue weighted by Crippen LogP contribution is -2.04. The number of nitrogens with zero attached hydrogens (tertiary/aromatic N) is 4. The first-order valence-corrected chi connectivity index (χ1v) is 7.61. The summed E-state index contributed by atoms with van der Waals surface area (Å²) in [5, 5.41) is 11.5. The predicted octanol–water partition coefficient (Wildman–Crippen LogP) is 2.67. The summed E-state index contributed by atoms with van der Waals surface area (Å²) < 4.78 is 4.63. The lowest BCUT2D eigenvalue weighted by molar-refractivity contribution is -0.384. The van der Waals surface area contributed by atoms with Gasteiger partial charge in [0.05, 0.1) is 10.5 Å². The predicted molar refractivity (Wildman–Crippen MR) is 84.4 cm³/mol. The van der Waals surface area contributed by atoms with E-state index in [1.807, 2.05) is 6.92 Å². The molecule has 0 aliphatic rings. The van der Waals surface area contributed by atoms with E-state index in [1.165, 1.54) is 24.0 Å². The van der Waals surface area contributed by atoms with Gasteiger partial charge in [0.25, 0.3) is 5.69 Å². The van der Waals surface area contributed by atoms with E-state index in [-0.39, 0.29) is 28.1 Å². The van der Waals surface area contributed by atoms with Gasteiger partial charge in [0.1, 0.15) is 5.39 Å². The molecule has 23 heavy (non-hydrogen) atoms. The number of thioether (sulfide) groups is 1. The Morgan fingerprint density at radius 2 is 2.17 bits per heavy atom. The van der Waals surface area contributed by atoms with Crippen molar-refractivity contribution in [2.75, 3.05) is 5.75 Å². The fraction of sp³-hybridized carbons (Fsp3) is 0.143. The summed E-state index contributed by atoms with van der Waals surface area (Å²) in [7, 11) is 0. The third-order valence-corrected chi connectivity index (χ3v) is 3.92. The van der Waals surface area contributed by atoms with Gasteiger partial charge in [0.15, 0.2) is 17.9 Å². The largest absolute Gasteiger partial charge is 0.411 e. The highest BCUT2D eigenvalue weighted by atomic mass is 32.2. The average Bonchev–Trinajstić information content (AvgIpc) is 2.55. The number of rotatable bonds is 4. The number of hydrogen-bond acceptors (Lipinski definition) is 8. The normalized spacial score (nSPS) is 10.8. The molecule has 3 aromatic rings. The molecule has 0 radical (unpaired) electrons. The van der Waals surface area contributed by atoms with Gasteiger partial charge in [-0.1, -0.05) is 6.92 Å². The minimum atomic E-state index is -0.606. The molecule has 2 heterocycles. The molecular weight excluding hydrogens is 320 g/mol. The second-order valence-corrected chi connectivity index (χ2v) is 5.78. The first-order chi connectivity index (χ1) is 11.1. The van der Waals surface area contributed by atoms with Crippen LogP contribution in [0.15, 0.2) is 44.9 Å². The average molecular weight is 330 g/mol. The lowest BCUT2D eigenvalue weighted by Gasteiger charge is -2.05. The molecule has 0 atom stereocenters. The molecule has 8 nitrogen and oxygen atoms in total. The van der Waals surface area contributed by atoms with Crippen molar-refractivity contribution >= 4 is 28.5 Å². The van der Waals surface area contributed by atoms with E-state index in [4.69, 9.17) is 0 Å². The van der Waals surface area contributed by atoms with Gasteiger partial charge in [0, 0.05) is 17.2 Å². The molecule has 2 aromatic heterocycles. The van der Waals surface area contributed by atoms with Crippen LogP contribution in [0.4, 0.5) is 5.69 Å². The van der Waals surface area contributed by atoms with Gasteiger partial charge in [-0.2, -0.15) is 4.98 Å². The second-order valence-electron chi connectivity index (χ2n) is 4.44. The van der Waals surface area contributed by atoms with Crippen LogP contribution in [-0.4, -0.2) is 25.6 Å². The maximum Gasteiger partial charge on any atom is 0.349 e.